The maximum absolute atomic E-state index is 13.5. The predicted octanol–water partition coefficient (Wildman–Crippen LogP) is 6.25. The van der Waals surface area contributed by atoms with Gasteiger partial charge >= 0.3 is 6.03 Å². The quantitative estimate of drug-likeness (QED) is 0.210. The number of nitrogens with zero attached hydrogens (tertiary/aromatic N) is 1. The monoisotopic (exact) mass is 570 g/mol. The van der Waals surface area contributed by atoms with Gasteiger partial charge in [0.2, 0.25) is 0 Å². The van der Waals surface area contributed by atoms with Crippen LogP contribution in [0.15, 0.2) is 95.0 Å². The summed E-state index contributed by atoms with van der Waals surface area (Å²) in [5, 5.41) is 4.00. The molecule has 1 N–H and O–H groups in total. The summed E-state index contributed by atoms with van der Waals surface area (Å²) in [6.45, 7) is 2.64. The summed E-state index contributed by atoms with van der Waals surface area (Å²) in [7, 11) is 0. The van der Waals surface area contributed by atoms with Crippen molar-refractivity contribution in [3.8, 4) is 11.5 Å². The Labute approximate surface area is 227 Å². The zero-order chi connectivity index (χ0) is 26.6. The molecule has 0 aliphatic carbocycles. The van der Waals surface area contributed by atoms with Gasteiger partial charge in [-0.1, -0.05) is 58.4 Å². The largest absolute Gasteiger partial charge is 0.494 e. The van der Waals surface area contributed by atoms with Crippen molar-refractivity contribution in [3.05, 3.63) is 106 Å². The Hall–Kier alpha value is -4.43. The minimum absolute atomic E-state index is 0.177. The second-order valence-electron chi connectivity index (χ2n) is 8.50. The first kappa shape index (κ1) is 25.2. The molecule has 1 fully saturated rings. The number of amides is 4. The van der Waals surface area contributed by atoms with Crippen LogP contribution < -0.4 is 19.7 Å². The van der Waals surface area contributed by atoms with E-state index >= 15 is 0 Å². The average molecular weight is 571 g/mol. The fourth-order valence-corrected chi connectivity index (χ4v) is 4.45. The van der Waals surface area contributed by atoms with Crippen LogP contribution in [0.2, 0.25) is 0 Å². The number of anilines is 1. The minimum atomic E-state index is -0.814. The van der Waals surface area contributed by atoms with Crippen molar-refractivity contribution >= 4 is 56.3 Å². The molecule has 0 aromatic heterocycles. The molecule has 0 radical (unpaired) electrons. The van der Waals surface area contributed by atoms with Crippen molar-refractivity contribution in [2.45, 2.75) is 13.5 Å². The van der Waals surface area contributed by atoms with Crippen LogP contribution in [-0.2, 0) is 16.2 Å². The zero-order valence-electron chi connectivity index (χ0n) is 20.4. The van der Waals surface area contributed by atoms with Gasteiger partial charge < -0.3 is 9.47 Å². The molecular formula is C30H23BrN2O5. The fourth-order valence-electron chi connectivity index (χ4n) is 4.19. The van der Waals surface area contributed by atoms with Crippen LogP contribution in [0.25, 0.3) is 16.8 Å². The van der Waals surface area contributed by atoms with Gasteiger partial charge in [-0.15, -0.1) is 0 Å². The van der Waals surface area contributed by atoms with Gasteiger partial charge in [-0.2, -0.15) is 0 Å². The van der Waals surface area contributed by atoms with Gasteiger partial charge in [0, 0.05) is 10.0 Å². The summed E-state index contributed by atoms with van der Waals surface area (Å²) in [6.07, 6.45) is 1.49. The van der Waals surface area contributed by atoms with Gasteiger partial charge in [-0.3, -0.25) is 14.9 Å². The maximum atomic E-state index is 13.5. The number of fused-ring (bicyclic) bond motifs is 1. The van der Waals surface area contributed by atoms with Crippen molar-refractivity contribution in [2.75, 3.05) is 11.5 Å². The summed E-state index contributed by atoms with van der Waals surface area (Å²) < 4.78 is 12.6. The molecule has 5 rings (SSSR count). The van der Waals surface area contributed by atoms with Crippen LogP contribution in [0, 0.1) is 0 Å². The number of carbonyl (C=O) groups is 3. The molecule has 8 heteroatoms. The number of hydrogen-bond donors (Lipinski definition) is 1. The van der Waals surface area contributed by atoms with Crippen molar-refractivity contribution < 1.29 is 23.9 Å². The molecule has 0 unspecified atom stereocenters. The lowest BCUT2D eigenvalue weighted by Crippen LogP contribution is -2.54. The molecule has 0 atom stereocenters. The Morgan fingerprint density at radius 1 is 0.868 bits per heavy atom. The van der Waals surface area contributed by atoms with Crippen LogP contribution in [0.1, 0.15) is 18.1 Å². The highest BCUT2D eigenvalue weighted by atomic mass is 79.9. The lowest BCUT2D eigenvalue weighted by atomic mass is 9.99. The molecule has 0 saturated carbocycles. The van der Waals surface area contributed by atoms with Crippen LogP contribution in [0.5, 0.6) is 11.5 Å². The Morgan fingerprint density at radius 2 is 1.61 bits per heavy atom. The van der Waals surface area contributed by atoms with Gasteiger partial charge in [0.1, 0.15) is 23.7 Å². The second-order valence-corrected chi connectivity index (χ2v) is 9.41. The van der Waals surface area contributed by atoms with E-state index in [0.717, 1.165) is 25.7 Å². The lowest BCUT2D eigenvalue weighted by Gasteiger charge is -2.26. The van der Waals surface area contributed by atoms with Crippen LogP contribution in [0.4, 0.5) is 10.5 Å². The number of imide groups is 2. The second kappa shape index (κ2) is 10.9. The molecule has 4 amide bonds. The van der Waals surface area contributed by atoms with E-state index in [0.29, 0.717) is 36.0 Å². The summed E-state index contributed by atoms with van der Waals surface area (Å²) in [5.41, 5.74) is 1.67. The van der Waals surface area contributed by atoms with Crippen molar-refractivity contribution in [2.24, 2.45) is 0 Å². The standard InChI is InChI=1S/C30H23BrN2O5/c1-2-37-23-14-12-22(13-15-23)33-29(35)26(28(34)32-30(33)36)17-25-24-6-4-3-5-20(24)9-16-27(25)38-18-19-7-10-21(31)11-8-19/h3-17H,2,18H2,1H3,(H,32,34,36)/b26-17+. The maximum Gasteiger partial charge on any atom is 0.335 e. The van der Waals surface area contributed by atoms with E-state index in [1.807, 2.05) is 67.6 Å². The molecular weight excluding hydrogens is 548 g/mol. The smallest absolute Gasteiger partial charge is 0.335 e. The van der Waals surface area contributed by atoms with Gasteiger partial charge in [0.05, 0.1) is 12.3 Å². The summed E-state index contributed by atoms with van der Waals surface area (Å²) in [6, 6.07) is 24.8. The van der Waals surface area contributed by atoms with Crippen LogP contribution in [-0.4, -0.2) is 24.5 Å². The molecule has 4 aromatic rings. The molecule has 1 aliphatic heterocycles. The fraction of sp³-hybridized carbons (Fsp3) is 0.100. The Kier molecular flexibility index (Phi) is 7.24. The third-order valence-corrected chi connectivity index (χ3v) is 6.56. The first-order valence-corrected chi connectivity index (χ1v) is 12.8. The van der Waals surface area contributed by atoms with E-state index in [1.54, 1.807) is 24.3 Å². The average Bonchev–Trinajstić information content (AvgIpc) is 2.92. The van der Waals surface area contributed by atoms with E-state index in [9.17, 15) is 14.4 Å². The highest BCUT2D eigenvalue weighted by Crippen LogP contribution is 2.32. The van der Waals surface area contributed by atoms with E-state index in [-0.39, 0.29) is 5.57 Å². The molecule has 190 valence electrons. The predicted molar refractivity (Wildman–Crippen MR) is 149 cm³/mol. The van der Waals surface area contributed by atoms with Gasteiger partial charge in [0.15, 0.2) is 0 Å². The van der Waals surface area contributed by atoms with Crippen LogP contribution in [0.3, 0.4) is 0 Å². The van der Waals surface area contributed by atoms with Gasteiger partial charge in [-0.05, 0) is 71.8 Å². The topological polar surface area (TPSA) is 84.9 Å². The summed E-state index contributed by atoms with van der Waals surface area (Å²) >= 11 is 3.43. The number of urea groups is 1. The van der Waals surface area contributed by atoms with E-state index in [4.69, 9.17) is 9.47 Å². The first-order chi connectivity index (χ1) is 18.4. The number of hydrogen-bond acceptors (Lipinski definition) is 5. The molecule has 0 spiro atoms. The highest BCUT2D eigenvalue weighted by Gasteiger charge is 2.37. The number of halogens is 1. The Morgan fingerprint density at radius 3 is 2.34 bits per heavy atom. The summed E-state index contributed by atoms with van der Waals surface area (Å²) in [5.74, 6) is -0.385. The normalized spacial score (nSPS) is 14.6. The van der Waals surface area contributed by atoms with Crippen LogP contribution >= 0.6 is 15.9 Å². The molecule has 0 bridgehead atoms. The molecule has 1 saturated heterocycles. The van der Waals surface area contributed by atoms with E-state index in [2.05, 4.69) is 21.2 Å². The van der Waals surface area contributed by atoms with Crippen molar-refractivity contribution in [1.82, 2.24) is 5.32 Å². The van der Waals surface area contributed by atoms with Gasteiger partial charge in [-0.25, -0.2) is 9.69 Å². The van der Waals surface area contributed by atoms with Gasteiger partial charge in [0.25, 0.3) is 11.8 Å². The molecule has 1 heterocycles. The number of nitrogens with one attached hydrogen (secondary N) is 1. The van der Waals surface area contributed by atoms with Crippen molar-refractivity contribution in [1.29, 1.82) is 0 Å². The van der Waals surface area contributed by atoms with E-state index in [1.165, 1.54) is 6.08 Å². The number of barbiturate groups is 1. The number of benzene rings is 4. The summed E-state index contributed by atoms with van der Waals surface area (Å²) in [4.78, 5) is 40.0. The number of rotatable bonds is 7. The third kappa shape index (κ3) is 5.17. The molecule has 1 aliphatic rings. The first-order valence-electron chi connectivity index (χ1n) is 12.0. The Bertz CT molecular complexity index is 1560. The Balaban J connectivity index is 1.54. The number of carbonyl (C=O) groups excluding carboxylic acids is 3. The SMILES string of the molecule is CCOc1ccc(N2C(=O)NC(=O)/C(=C\c3c(OCc4ccc(Br)cc4)ccc4ccccc34)C2=O)cc1. The number of ether oxygens (including phenoxy) is 2. The van der Waals surface area contributed by atoms with E-state index < -0.39 is 17.8 Å². The highest BCUT2D eigenvalue weighted by molar-refractivity contribution is 9.10. The molecule has 7 nitrogen and oxygen atoms in total. The van der Waals surface area contributed by atoms with Crippen molar-refractivity contribution in [3.63, 3.8) is 0 Å². The third-order valence-electron chi connectivity index (χ3n) is 6.03. The molecule has 38 heavy (non-hydrogen) atoms. The molecule has 4 aromatic carbocycles. The zero-order valence-corrected chi connectivity index (χ0v) is 22.0. The minimum Gasteiger partial charge on any atom is -0.494 e. The lowest BCUT2D eigenvalue weighted by molar-refractivity contribution is -0.122.